The standard InChI is InChI=1S/C43H83N2O9P/c1-6-8-10-12-14-16-18-20-22-24-26-28-30-32-40(54-43(49)35-34-42(47)48)39(38-53-55(50,51)52-37-36-45(3,4)5)44-41(46)33-31-29-27-25-23-21-19-17-15-13-11-9-7-2/h30,32,39-40H,6-29,31,33-38H2,1-5H3,(H2-,44,46,47,48,50,51)/p+1/b32-30+/t39-,40+/m0/s1. The van der Waals surface area contributed by atoms with Gasteiger partial charge in [0.15, 0.2) is 0 Å². The fraction of sp³-hybridized carbons (Fsp3) is 0.884. The van der Waals surface area contributed by atoms with E-state index >= 15 is 0 Å². The van der Waals surface area contributed by atoms with Gasteiger partial charge in [0.25, 0.3) is 0 Å². The number of aliphatic carboxylic acids is 1. The van der Waals surface area contributed by atoms with E-state index in [-0.39, 0.29) is 25.4 Å². The van der Waals surface area contributed by atoms with Gasteiger partial charge in [-0.1, -0.05) is 161 Å². The highest BCUT2D eigenvalue weighted by Crippen LogP contribution is 2.43. The number of carbonyl (C=O) groups excluding carboxylic acids is 2. The number of phosphoric ester groups is 1. The number of phosphoric acid groups is 1. The molecule has 0 radical (unpaired) electrons. The number of carboxylic acids is 1. The molecule has 0 saturated carbocycles. The molecule has 0 aliphatic carbocycles. The van der Waals surface area contributed by atoms with Crippen LogP contribution in [-0.2, 0) is 32.7 Å². The number of hydrogen-bond acceptors (Lipinski definition) is 7. The number of esters is 1. The van der Waals surface area contributed by atoms with Gasteiger partial charge in [0.2, 0.25) is 5.91 Å². The molecule has 324 valence electrons. The van der Waals surface area contributed by atoms with Gasteiger partial charge >= 0.3 is 19.8 Å². The lowest BCUT2D eigenvalue weighted by Gasteiger charge is -2.27. The van der Waals surface area contributed by atoms with Crippen molar-refractivity contribution in [2.75, 3.05) is 40.9 Å². The van der Waals surface area contributed by atoms with Crippen molar-refractivity contribution in [2.45, 2.75) is 206 Å². The number of nitrogens with zero attached hydrogens (tertiary/aromatic N) is 1. The molecule has 0 aliphatic heterocycles. The molecule has 0 heterocycles. The molecule has 3 atom stereocenters. The maximum atomic E-state index is 13.2. The van der Waals surface area contributed by atoms with Gasteiger partial charge in [0.1, 0.15) is 19.3 Å². The zero-order chi connectivity index (χ0) is 41.0. The maximum Gasteiger partial charge on any atom is 0.472 e. The number of hydrogen-bond donors (Lipinski definition) is 3. The molecule has 3 N–H and O–H groups in total. The molecule has 0 aromatic rings. The van der Waals surface area contributed by atoms with Crippen molar-refractivity contribution in [1.29, 1.82) is 0 Å². The summed E-state index contributed by atoms with van der Waals surface area (Å²) < 4.78 is 29.6. The first-order valence-electron chi connectivity index (χ1n) is 22.1. The molecule has 0 saturated heterocycles. The molecule has 0 spiro atoms. The molecule has 0 aromatic heterocycles. The van der Waals surface area contributed by atoms with Gasteiger partial charge in [0.05, 0.1) is 46.6 Å². The second-order valence-electron chi connectivity index (χ2n) is 16.4. The van der Waals surface area contributed by atoms with Crippen molar-refractivity contribution in [2.24, 2.45) is 0 Å². The number of likely N-dealkylation sites (N-methyl/N-ethyl adjacent to an activating group) is 1. The Hall–Kier alpha value is -1.78. The van der Waals surface area contributed by atoms with Gasteiger partial charge in [-0.25, -0.2) is 4.57 Å². The third-order valence-electron chi connectivity index (χ3n) is 9.79. The molecular weight excluding hydrogens is 719 g/mol. The quantitative estimate of drug-likeness (QED) is 0.0181. The summed E-state index contributed by atoms with van der Waals surface area (Å²) in [6, 6.07) is -0.987. The van der Waals surface area contributed by atoms with Crippen molar-refractivity contribution in [3.05, 3.63) is 12.2 Å². The van der Waals surface area contributed by atoms with E-state index in [1.165, 1.54) is 109 Å². The van der Waals surface area contributed by atoms with E-state index in [4.69, 9.17) is 18.9 Å². The number of carboxylic acid groups (broad SMARTS) is 1. The SMILES string of the molecule is CCCCCCCCCCCCC/C=C/[C@@H](OC(=O)CCC(=O)O)[C@H](COP(=O)(O)OCC[N+](C)(C)C)NC(=O)CCCCCCCCCCCCCCC. The van der Waals surface area contributed by atoms with E-state index in [2.05, 4.69) is 19.2 Å². The lowest BCUT2D eigenvalue weighted by atomic mass is 10.0. The molecule has 0 aliphatic rings. The first kappa shape index (κ1) is 53.2. The van der Waals surface area contributed by atoms with E-state index in [0.29, 0.717) is 17.4 Å². The molecule has 1 unspecified atom stereocenters. The maximum absolute atomic E-state index is 13.2. The number of quaternary nitrogens is 1. The van der Waals surface area contributed by atoms with Crippen LogP contribution in [-0.4, -0.2) is 85.4 Å². The lowest BCUT2D eigenvalue weighted by molar-refractivity contribution is -0.870. The van der Waals surface area contributed by atoms with Crippen LogP contribution in [0.2, 0.25) is 0 Å². The first-order chi connectivity index (χ1) is 26.3. The second kappa shape index (κ2) is 35.4. The molecule has 0 aromatic carbocycles. The zero-order valence-corrected chi connectivity index (χ0v) is 36.8. The normalized spacial score (nSPS) is 14.1. The van der Waals surface area contributed by atoms with Crippen LogP contribution in [0.5, 0.6) is 0 Å². The summed E-state index contributed by atoms with van der Waals surface area (Å²) in [5.74, 6) is -2.15. The Labute approximate surface area is 336 Å². The number of allylic oxidation sites excluding steroid dienone is 1. The van der Waals surface area contributed by atoms with Crippen LogP contribution in [0.4, 0.5) is 0 Å². The Morgan fingerprint density at radius 3 is 1.56 bits per heavy atom. The summed E-state index contributed by atoms with van der Waals surface area (Å²) in [5.41, 5.74) is 0. The van der Waals surface area contributed by atoms with Crippen molar-refractivity contribution in [1.82, 2.24) is 5.32 Å². The summed E-state index contributed by atoms with van der Waals surface area (Å²) >= 11 is 0. The first-order valence-corrected chi connectivity index (χ1v) is 23.6. The fourth-order valence-corrected chi connectivity index (χ4v) is 7.01. The smallest absolute Gasteiger partial charge is 0.472 e. The highest BCUT2D eigenvalue weighted by molar-refractivity contribution is 7.47. The van der Waals surface area contributed by atoms with Crippen LogP contribution in [0.1, 0.15) is 194 Å². The van der Waals surface area contributed by atoms with E-state index in [0.717, 1.165) is 44.9 Å². The van der Waals surface area contributed by atoms with E-state index in [1.54, 1.807) is 6.08 Å². The van der Waals surface area contributed by atoms with Crippen LogP contribution in [0, 0.1) is 0 Å². The zero-order valence-electron chi connectivity index (χ0n) is 35.9. The van der Waals surface area contributed by atoms with Gasteiger partial charge in [-0.3, -0.25) is 23.4 Å². The van der Waals surface area contributed by atoms with Crippen LogP contribution >= 0.6 is 7.82 Å². The van der Waals surface area contributed by atoms with Crippen LogP contribution in [0.25, 0.3) is 0 Å². The highest BCUT2D eigenvalue weighted by atomic mass is 31.2. The number of rotatable bonds is 40. The van der Waals surface area contributed by atoms with Crippen molar-refractivity contribution < 1.29 is 47.2 Å². The summed E-state index contributed by atoms with van der Waals surface area (Å²) in [6.45, 7) is 4.49. The Kier molecular flexibility index (Phi) is 34.2. The van der Waals surface area contributed by atoms with E-state index < -0.39 is 44.9 Å². The molecule has 55 heavy (non-hydrogen) atoms. The van der Waals surface area contributed by atoms with Gasteiger partial charge < -0.3 is 24.5 Å². The highest BCUT2D eigenvalue weighted by Gasteiger charge is 2.30. The Bertz CT molecular complexity index is 1030. The van der Waals surface area contributed by atoms with E-state index in [1.807, 2.05) is 27.2 Å². The summed E-state index contributed by atoms with van der Waals surface area (Å²) in [5, 5.41) is 12.0. The average Bonchev–Trinajstić information content (AvgIpc) is 3.12. The number of unbranched alkanes of at least 4 members (excludes halogenated alkanes) is 23. The lowest BCUT2D eigenvalue weighted by Crippen LogP contribution is -2.47. The van der Waals surface area contributed by atoms with Crippen LogP contribution < -0.4 is 5.32 Å². The van der Waals surface area contributed by atoms with Crippen molar-refractivity contribution in [3.8, 4) is 0 Å². The third-order valence-corrected chi connectivity index (χ3v) is 10.8. The Balaban J connectivity index is 5.25. The molecule has 1 amide bonds. The monoisotopic (exact) mass is 804 g/mol. The molecule has 12 heteroatoms. The average molecular weight is 804 g/mol. The minimum Gasteiger partial charge on any atom is -0.481 e. The van der Waals surface area contributed by atoms with Gasteiger partial charge in [0, 0.05) is 6.42 Å². The molecule has 0 rings (SSSR count). The van der Waals surface area contributed by atoms with Crippen LogP contribution in [0.15, 0.2) is 12.2 Å². The summed E-state index contributed by atoms with van der Waals surface area (Å²) in [6.07, 6.45) is 31.8. The van der Waals surface area contributed by atoms with Crippen LogP contribution in [0.3, 0.4) is 0 Å². The summed E-state index contributed by atoms with van der Waals surface area (Å²) in [4.78, 5) is 47.5. The molecule has 0 bridgehead atoms. The minimum atomic E-state index is -4.49. The Morgan fingerprint density at radius 1 is 0.655 bits per heavy atom. The number of carbonyl (C=O) groups is 3. The van der Waals surface area contributed by atoms with E-state index in [9.17, 15) is 23.8 Å². The molecular formula is C43H84N2O9P+. The molecule has 11 nitrogen and oxygen atoms in total. The topological polar surface area (TPSA) is 148 Å². The fourth-order valence-electron chi connectivity index (χ4n) is 6.27. The largest absolute Gasteiger partial charge is 0.481 e. The predicted molar refractivity (Wildman–Crippen MR) is 224 cm³/mol. The molecule has 0 fully saturated rings. The second-order valence-corrected chi connectivity index (χ2v) is 17.8. The predicted octanol–water partition coefficient (Wildman–Crippen LogP) is 10.8. The summed E-state index contributed by atoms with van der Waals surface area (Å²) in [7, 11) is 1.31. The third kappa shape index (κ3) is 37.6. The van der Waals surface area contributed by atoms with Crippen molar-refractivity contribution >= 4 is 25.7 Å². The number of amides is 1. The Morgan fingerprint density at radius 2 is 1.11 bits per heavy atom. The van der Waals surface area contributed by atoms with Gasteiger partial charge in [-0.05, 0) is 25.3 Å². The number of ether oxygens (including phenoxy) is 1. The van der Waals surface area contributed by atoms with Crippen molar-refractivity contribution in [3.63, 3.8) is 0 Å². The minimum absolute atomic E-state index is 0.0141. The van der Waals surface area contributed by atoms with Gasteiger partial charge in [-0.2, -0.15) is 0 Å². The number of nitrogens with one attached hydrogen (secondary N) is 1. The van der Waals surface area contributed by atoms with Gasteiger partial charge in [-0.15, -0.1) is 0 Å².